The molecule has 3 rings (SSSR count). The Kier molecular flexibility index (Phi) is 7.68. The number of benzene rings is 2. The van der Waals surface area contributed by atoms with E-state index in [-0.39, 0.29) is 18.0 Å². The van der Waals surface area contributed by atoms with Crippen LogP contribution in [0.5, 0.6) is 0 Å². The van der Waals surface area contributed by atoms with Gasteiger partial charge in [0.2, 0.25) is 0 Å². The maximum absolute atomic E-state index is 13.0. The Morgan fingerprint density at radius 3 is 2.28 bits per heavy atom. The van der Waals surface area contributed by atoms with E-state index in [1.54, 1.807) is 12.1 Å². The molecule has 172 valence electrons. The van der Waals surface area contributed by atoms with Crippen molar-refractivity contribution in [3.63, 3.8) is 0 Å². The first-order valence-corrected chi connectivity index (χ1v) is 10.2. The average Bonchev–Trinajstić information content (AvgIpc) is 2.77. The molecule has 1 fully saturated rings. The number of nitrogens with zero attached hydrogens (tertiary/aromatic N) is 2. The van der Waals surface area contributed by atoms with Crippen LogP contribution in [0.1, 0.15) is 12.0 Å². The first kappa shape index (κ1) is 23.5. The summed E-state index contributed by atoms with van der Waals surface area (Å²) in [6.45, 7) is 4.25. The summed E-state index contributed by atoms with van der Waals surface area (Å²) < 4.78 is 51.2. The van der Waals surface area contributed by atoms with Crippen LogP contribution in [0.2, 0.25) is 0 Å². The Balaban J connectivity index is 1.35. The highest BCUT2D eigenvalue weighted by Crippen LogP contribution is 2.30. The summed E-state index contributed by atoms with van der Waals surface area (Å²) in [5, 5.41) is 4.66. The molecule has 0 spiro atoms. The molecule has 0 atom stereocenters. The maximum atomic E-state index is 13.0. The number of carbonyl (C=O) groups is 2. The van der Waals surface area contributed by atoms with Crippen molar-refractivity contribution in [1.82, 2.24) is 10.2 Å². The van der Waals surface area contributed by atoms with Crippen molar-refractivity contribution in [3.05, 3.63) is 59.9 Å². The van der Waals surface area contributed by atoms with E-state index in [1.807, 2.05) is 0 Å². The monoisotopic (exact) mass is 452 g/mol. The number of hydrogen-bond donors (Lipinski definition) is 2. The summed E-state index contributed by atoms with van der Waals surface area (Å²) in [6, 6.07) is 10.5. The van der Waals surface area contributed by atoms with Crippen LogP contribution in [0.4, 0.5) is 28.9 Å². The lowest BCUT2D eigenvalue weighted by Gasteiger charge is -2.36. The third kappa shape index (κ3) is 6.68. The number of amides is 2. The average molecular weight is 452 g/mol. The minimum absolute atomic E-state index is 0.0981. The molecule has 2 aromatic rings. The van der Waals surface area contributed by atoms with Gasteiger partial charge >= 0.3 is 18.0 Å². The first-order valence-electron chi connectivity index (χ1n) is 10.2. The summed E-state index contributed by atoms with van der Waals surface area (Å²) in [6.07, 6.45) is -3.91. The van der Waals surface area contributed by atoms with Gasteiger partial charge in [0, 0.05) is 44.1 Å². The van der Waals surface area contributed by atoms with Crippen LogP contribution in [-0.4, -0.2) is 56.0 Å². The molecule has 0 aromatic heterocycles. The van der Waals surface area contributed by atoms with Crippen LogP contribution in [0.25, 0.3) is 0 Å². The number of nitrogens with one attached hydrogen (secondary N) is 2. The third-order valence-electron chi connectivity index (χ3n) is 5.15. The summed E-state index contributed by atoms with van der Waals surface area (Å²) >= 11 is 0. The molecule has 1 saturated heterocycles. The number of hydrogen-bond acceptors (Lipinski definition) is 4. The molecular formula is C22H24F4N4O2. The van der Waals surface area contributed by atoms with Gasteiger partial charge in [0.05, 0.1) is 5.56 Å². The summed E-state index contributed by atoms with van der Waals surface area (Å²) in [7, 11) is 0. The Morgan fingerprint density at radius 2 is 1.62 bits per heavy atom. The molecule has 6 nitrogen and oxygen atoms in total. The largest absolute Gasteiger partial charge is 0.416 e. The van der Waals surface area contributed by atoms with Crippen molar-refractivity contribution in [2.45, 2.75) is 12.6 Å². The highest BCUT2D eigenvalue weighted by Gasteiger charge is 2.30. The van der Waals surface area contributed by atoms with E-state index in [9.17, 15) is 27.2 Å². The van der Waals surface area contributed by atoms with Gasteiger partial charge in [0.25, 0.3) is 0 Å². The van der Waals surface area contributed by atoms with Crippen LogP contribution in [0.15, 0.2) is 48.5 Å². The second-order valence-corrected chi connectivity index (χ2v) is 7.45. The predicted molar refractivity (Wildman–Crippen MR) is 113 cm³/mol. The highest BCUT2D eigenvalue weighted by molar-refractivity contribution is 6.39. The van der Waals surface area contributed by atoms with E-state index < -0.39 is 23.6 Å². The molecule has 2 N–H and O–H groups in total. The van der Waals surface area contributed by atoms with Gasteiger partial charge in [-0.3, -0.25) is 14.5 Å². The molecule has 2 amide bonds. The van der Waals surface area contributed by atoms with Crippen molar-refractivity contribution < 1.29 is 27.2 Å². The Morgan fingerprint density at radius 1 is 0.938 bits per heavy atom. The van der Waals surface area contributed by atoms with Crippen molar-refractivity contribution >= 4 is 23.2 Å². The Labute approximate surface area is 183 Å². The number of rotatable bonds is 6. The molecule has 0 unspecified atom stereocenters. The quantitative estimate of drug-likeness (QED) is 0.402. The van der Waals surface area contributed by atoms with Crippen LogP contribution in [0.3, 0.4) is 0 Å². The highest BCUT2D eigenvalue weighted by atomic mass is 19.4. The SMILES string of the molecule is O=C(NCCCN1CCN(c2ccc(F)cc2)CC1)C(=O)Nc1cccc(C(F)(F)F)c1. The van der Waals surface area contributed by atoms with E-state index in [0.29, 0.717) is 6.42 Å². The molecule has 0 bridgehead atoms. The van der Waals surface area contributed by atoms with Gasteiger partial charge in [-0.05, 0) is 55.4 Å². The van der Waals surface area contributed by atoms with Crippen molar-refractivity contribution in [2.75, 3.05) is 49.5 Å². The minimum atomic E-state index is -4.53. The Hall–Kier alpha value is -3.14. The molecule has 32 heavy (non-hydrogen) atoms. The lowest BCUT2D eigenvalue weighted by atomic mass is 10.2. The van der Waals surface area contributed by atoms with Crippen LogP contribution < -0.4 is 15.5 Å². The number of alkyl halides is 3. The van der Waals surface area contributed by atoms with Crippen molar-refractivity contribution in [1.29, 1.82) is 0 Å². The zero-order valence-corrected chi connectivity index (χ0v) is 17.3. The number of anilines is 2. The molecular weight excluding hydrogens is 428 g/mol. The van der Waals surface area contributed by atoms with Crippen molar-refractivity contribution in [3.8, 4) is 0 Å². The zero-order chi connectivity index (χ0) is 23.1. The van der Waals surface area contributed by atoms with Gasteiger partial charge in [-0.1, -0.05) is 6.07 Å². The van der Waals surface area contributed by atoms with Crippen LogP contribution >= 0.6 is 0 Å². The molecule has 2 aromatic carbocycles. The second kappa shape index (κ2) is 10.4. The predicted octanol–water partition coefficient (Wildman–Crippen LogP) is 3.11. The molecule has 0 aliphatic carbocycles. The fourth-order valence-corrected chi connectivity index (χ4v) is 3.43. The maximum Gasteiger partial charge on any atom is 0.416 e. The standard InChI is InChI=1S/C22H24F4N4O2/c23-17-5-7-19(8-6-17)30-13-11-29(12-14-30)10-2-9-27-20(31)21(32)28-18-4-1-3-16(15-18)22(24,25)26/h1,3-8,15H,2,9-14H2,(H,27,31)(H,28,32). The molecule has 1 aliphatic rings. The van der Waals surface area contributed by atoms with E-state index >= 15 is 0 Å². The minimum Gasteiger partial charge on any atom is -0.369 e. The van der Waals surface area contributed by atoms with Gasteiger partial charge in [-0.15, -0.1) is 0 Å². The number of carbonyl (C=O) groups excluding carboxylic acids is 2. The lowest BCUT2D eigenvalue weighted by molar-refractivity contribution is -0.137. The fourth-order valence-electron chi connectivity index (χ4n) is 3.43. The van der Waals surface area contributed by atoms with Gasteiger partial charge < -0.3 is 15.5 Å². The Bertz CT molecular complexity index is 926. The lowest BCUT2D eigenvalue weighted by Crippen LogP contribution is -2.47. The van der Waals surface area contributed by atoms with Gasteiger partial charge in [0.1, 0.15) is 5.82 Å². The second-order valence-electron chi connectivity index (χ2n) is 7.45. The fraction of sp³-hybridized carbons (Fsp3) is 0.364. The smallest absolute Gasteiger partial charge is 0.369 e. The zero-order valence-electron chi connectivity index (χ0n) is 17.3. The third-order valence-corrected chi connectivity index (χ3v) is 5.15. The molecule has 0 saturated carbocycles. The summed E-state index contributed by atoms with van der Waals surface area (Å²) in [5.41, 5.74) is -0.0284. The summed E-state index contributed by atoms with van der Waals surface area (Å²) in [5.74, 6) is -2.18. The van der Waals surface area contributed by atoms with Crippen LogP contribution in [-0.2, 0) is 15.8 Å². The number of piperazine rings is 1. The van der Waals surface area contributed by atoms with E-state index in [4.69, 9.17) is 0 Å². The van der Waals surface area contributed by atoms with Crippen molar-refractivity contribution in [2.24, 2.45) is 0 Å². The van der Waals surface area contributed by atoms with E-state index in [1.165, 1.54) is 18.2 Å². The normalized spacial score (nSPS) is 14.8. The van der Waals surface area contributed by atoms with Gasteiger partial charge in [0.15, 0.2) is 0 Å². The molecule has 1 aliphatic heterocycles. The van der Waals surface area contributed by atoms with E-state index in [2.05, 4.69) is 20.4 Å². The molecule has 1 heterocycles. The molecule has 0 radical (unpaired) electrons. The number of halogens is 4. The topological polar surface area (TPSA) is 64.7 Å². The summed E-state index contributed by atoms with van der Waals surface area (Å²) in [4.78, 5) is 28.2. The molecule has 10 heteroatoms. The van der Waals surface area contributed by atoms with Crippen LogP contribution in [0, 0.1) is 5.82 Å². The first-order chi connectivity index (χ1) is 15.2. The van der Waals surface area contributed by atoms with E-state index in [0.717, 1.165) is 56.6 Å². The van der Waals surface area contributed by atoms with Gasteiger partial charge in [-0.25, -0.2) is 4.39 Å². The van der Waals surface area contributed by atoms with Gasteiger partial charge in [-0.2, -0.15) is 13.2 Å².